The van der Waals surface area contributed by atoms with E-state index in [4.69, 9.17) is 5.10 Å². The maximum absolute atomic E-state index is 4.84. The minimum absolute atomic E-state index is 0.490. The third kappa shape index (κ3) is 2.51. The largest absolute Gasteiger partial charge is 0.238 e. The van der Waals surface area contributed by atoms with Gasteiger partial charge >= 0.3 is 0 Å². The molecule has 0 bridgehead atoms. The summed E-state index contributed by atoms with van der Waals surface area (Å²) in [6, 6.07) is 0. The zero-order valence-electron chi connectivity index (χ0n) is 15.7. The number of rotatable bonds is 3. The van der Waals surface area contributed by atoms with Crippen LogP contribution in [0.1, 0.15) is 28.1 Å². The third-order valence-corrected chi connectivity index (χ3v) is 5.28. The topological polar surface area (TPSA) is 17.8 Å². The number of aromatic nitrogens is 2. The second-order valence-electron chi connectivity index (χ2n) is 6.83. The van der Waals surface area contributed by atoms with Crippen molar-refractivity contribution in [1.29, 1.82) is 0 Å². The van der Waals surface area contributed by atoms with E-state index in [9.17, 15) is 0 Å². The molecule has 0 saturated carbocycles. The number of hydrogen-bond donors (Lipinski definition) is 0. The summed E-state index contributed by atoms with van der Waals surface area (Å²) in [6.45, 7) is 11.5. The van der Waals surface area contributed by atoms with Crippen molar-refractivity contribution in [2.75, 3.05) is 0 Å². The number of benzene rings is 1. The first-order valence-electron chi connectivity index (χ1n) is 8.37. The van der Waals surface area contributed by atoms with Crippen molar-refractivity contribution in [3.8, 4) is 5.69 Å². The summed E-state index contributed by atoms with van der Waals surface area (Å²) in [5.74, 6) is 0. The van der Waals surface area contributed by atoms with Crippen LogP contribution in [-0.2, 0) is 0 Å². The molecule has 0 amide bonds. The Kier molecular flexibility index (Phi) is 4.79. The molecular formula is C14H24B6N2. The number of aryl methyl sites for hydroxylation is 1. The van der Waals surface area contributed by atoms with E-state index in [1.165, 1.54) is 44.5 Å². The van der Waals surface area contributed by atoms with E-state index >= 15 is 0 Å². The van der Waals surface area contributed by atoms with Crippen LogP contribution in [0.3, 0.4) is 0 Å². The minimum atomic E-state index is 0.490. The fourth-order valence-corrected chi connectivity index (χ4v) is 3.68. The van der Waals surface area contributed by atoms with E-state index < -0.39 is 0 Å². The first-order valence-corrected chi connectivity index (χ1v) is 8.37. The summed E-state index contributed by atoms with van der Waals surface area (Å²) >= 11 is 0. The van der Waals surface area contributed by atoms with Gasteiger partial charge in [0, 0.05) is 5.69 Å². The fraction of sp³-hybridized carbons (Fsp3) is 0.357. The van der Waals surface area contributed by atoms with Crippen molar-refractivity contribution >= 4 is 61.1 Å². The first-order chi connectivity index (χ1) is 10.2. The summed E-state index contributed by atoms with van der Waals surface area (Å²) in [5.41, 5.74) is 12.2. The predicted molar refractivity (Wildman–Crippen MR) is 113 cm³/mol. The highest BCUT2D eigenvalue weighted by molar-refractivity contribution is 7.35. The average Bonchev–Trinajstić information content (AvgIpc) is 2.70. The second-order valence-corrected chi connectivity index (χ2v) is 6.83. The summed E-state index contributed by atoms with van der Waals surface area (Å²) in [7, 11) is 10.2. The smallest absolute Gasteiger partial charge is 0.138 e. The Morgan fingerprint density at radius 2 is 1.59 bits per heavy atom. The molecule has 1 aromatic carbocycles. The lowest BCUT2D eigenvalue weighted by Gasteiger charge is -2.25. The zero-order chi connectivity index (χ0) is 16.8. The molecule has 0 spiro atoms. The van der Waals surface area contributed by atoms with Crippen molar-refractivity contribution in [2.24, 2.45) is 0 Å². The predicted octanol–water partition coefficient (Wildman–Crippen LogP) is -3.76. The maximum Gasteiger partial charge on any atom is 0.138 e. The number of nitrogens with zero attached hydrogens (tertiary/aromatic N) is 2. The molecular weight excluding hydrogens is 261 g/mol. The Morgan fingerprint density at radius 3 is 2.00 bits per heavy atom. The molecule has 8 heteroatoms. The van der Waals surface area contributed by atoms with E-state index in [1.54, 1.807) is 0 Å². The molecule has 0 fully saturated rings. The van der Waals surface area contributed by atoms with Gasteiger partial charge in [0.25, 0.3) is 0 Å². The molecule has 0 unspecified atom stereocenters. The van der Waals surface area contributed by atoms with Crippen molar-refractivity contribution in [3.63, 3.8) is 0 Å². The molecule has 22 heavy (non-hydrogen) atoms. The number of hydrogen-bond acceptors (Lipinski definition) is 1. The van der Waals surface area contributed by atoms with Crippen LogP contribution in [0.15, 0.2) is 0 Å². The van der Waals surface area contributed by atoms with Crippen LogP contribution >= 0.6 is 0 Å². The van der Waals surface area contributed by atoms with Gasteiger partial charge in [0.15, 0.2) is 0 Å². The Balaban J connectivity index is 2.94. The molecule has 108 valence electrons. The van der Waals surface area contributed by atoms with Crippen molar-refractivity contribution < 1.29 is 0 Å². The summed E-state index contributed by atoms with van der Waals surface area (Å²) in [4.78, 5) is 0. The zero-order valence-corrected chi connectivity index (χ0v) is 15.7. The van der Waals surface area contributed by atoms with E-state index in [0.29, 0.717) is 6.49 Å². The Hall–Kier alpha value is -1.18. The van der Waals surface area contributed by atoms with Crippen molar-refractivity contribution in [1.82, 2.24) is 9.78 Å². The van der Waals surface area contributed by atoms with E-state index in [2.05, 4.69) is 70.4 Å². The molecule has 0 aliphatic heterocycles. The average molecular weight is 285 g/mol. The van der Waals surface area contributed by atoms with Crippen LogP contribution in [0.2, 0.25) is 0 Å². The van der Waals surface area contributed by atoms with Crippen molar-refractivity contribution in [2.45, 2.75) is 34.6 Å². The van der Waals surface area contributed by atoms with Crippen LogP contribution in [0.25, 0.3) is 5.69 Å². The molecule has 0 atom stereocenters. The van der Waals surface area contributed by atoms with Crippen LogP contribution in [0.5, 0.6) is 0 Å². The summed E-state index contributed by atoms with van der Waals surface area (Å²) < 4.78 is 2.18. The SMILES string of the molecule is BBc1c(B)c(C)c(-n2nc(C)c(C)c2C)c(B(B)B)c1C. The highest BCUT2D eigenvalue weighted by atomic mass is 15.3. The molecule has 1 aromatic heterocycles. The van der Waals surface area contributed by atoms with Crippen LogP contribution in [0, 0.1) is 34.6 Å². The molecule has 2 nitrogen and oxygen atoms in total. The molecule has 0 aliphatic rings. The molecule has 2 aromatic rings. The second kappa shape index (κ2) is 6.14. The van der Waals surface area contributed by atoms with Gasteiger partial charge in [-0.05, 0) is 45.7 Å². The van der Waals surface area contributed by atoms with E-state index in [-0.39, 0.29) is 0 Å². The van der Waals surface area contributed by atoms with Gasteiger partial charge in [-0.2, -0.15) is 5.10 Å². The highest BCUT2D eigenvalue weighted by Crippen LogP contribution is 2.18. The van der Waals surface area contributed by atoms with Gasteiger partial charge in [-0.1, -0.05) is 22.0 Å². The van der Waals surface area contributed by atoms with Gasteiger partial charge in [0.1, 0.15) is 21.5 Å². The quantitative estimate of drug-likeness (QED) is 0.530. The molecule has 0 radical (unpaired) electrons. The Morgan fingerprint density at radius 1 is 1.00 bits per heavy atom. The highest BCUT2D eigenvalue weighted by Gasteiger charge is 2.22. The van der Waals surface area contributed by atoms with Crippen LogP contribution < -0.4 is 16.4 Å². The Labute approximate surface area is 139 Å². The van der Waals surface area contributed by atoms with Crippen LogP contribution in [0.4, 0.5) is 0 Å². The van der Waals surface area contributed by atoms with Gasteiger partial charge in [-0.3, -0.25) is 0 Å². The lowest BCUT2D eigenvalue weighted by molar-refractivity contribution is 0.832. The molecule has 0 aliphatic carbocycles. The maximum atomic E-state index is 4.84. The van der Waals surface area contributed by atoms with Gasteiger partial charge < -0.3 is 0 Å². The van der Waals surface area contributed by atoms with Crippen LogP contribution in [-0.4, -0.2) is 54.5 Å². The van der Waals surface area contributed by atoms with Crippen molar-refractivity contribution in [3.05, 3.63) is 28.1 Å². The molecule has 1 heterocycles. The fourth-order valence-electron chi connectivity index (χ4n) is 3.68. The normalized spacial score (nSPS) is 10.8. The minimum Gasteiger partial charge on any atom is -0.238 e. The molecule has 0 N–H and O–H groups in total. The lowest BCUT2D eigenvalue weighted by atomic mass is 9.16. The van der Waals surface area contributed by atoms with Gasteiger partial charge in [0.05, 0.1) is 34.6 Å². The standard InChI is InChI=1S/C14H24B6N2/c1-6-9(4)21-22(10(6)5)14-7(2)11(15)12(19-16)8(3)13(14)20(17)18/h19H,15-18H2,1-5H3. The van der Waals surface area contributed by atoms with E-state index in [0.717, 1.165) is 12.9 Å². The summed E-state index contributed by atoms with van der Waals surface area (Å²) in [6.07, 6.45) is 0. The first kappa shape index (κ1) is 17.2. The molecule has 2 rings (SSSR count). The van der Waals surface area contributed by atoms with Gasteiger partial charge in [0.2, 0.25) is 0 Å². The monoisotopic (exact) mass is 286 g/mol. The lowest BCUT2D eigenvalue weighted by Crippen LogP contribution is -2.48. The summed E-state index contributed by atoms with van der Waals surface area (Å²) in [5, 5.41) is 4.84. The molecule has 0 saturated heterocycles. The Bertz CT molecular complexity index is 736. The van der Waals surface area contributed by atoms with Gasteiger partial charge in [-0.25, -0.2) is 4.68 Å². The van der Waals surface area contributed by atoms with Gasteiger partial charge in [-0.15, -0.1) is 0 Å². The third-order valence-electron chi connectivity index (χ3n) is 5.28. The van der Waals surface area contributed by atoms with E-state index in [1.807, 2.05) is 0 Å².